The fraction of sp³-hybridized carbons (Fsp3) is 0.515. The highest BCUT2D eigenvalue weighted by atomic mass is 28.4. The predicted octanol–water partition coefficient (Wildman–Crippen LogP) is 5.43. The molecule has 1 saturated heterocycles. The number of hydrogen-bond acceptors (Lipinski definition) is 6. The highest BCUT2D eigenvalue weighted by Gasteiger charge is 2.50. The monoisotopic (exact) mass is 566 g/mol. The van der Waals surface area contributed by atoms with Crippen molar-refractivity contribution in [1.82, 2.24) is 0 Å². The molecule has 5 atom stereocenters. The topological polar surface area (TPSA) is 71.1 Å². The zero-order valence-corrected chi connectivity index (χ0v) is 26.3. The highest BCUT2D eigenvalue weighted by Crippen LogP contribution is 2.39. The van der Waals surface area contributed by atoms with Crippen LogP contribution in [-0.4, -0.2) is 51.8 Å². The quantitative estimate of drug-likeness (QED) is 0.217. The molecule has 0 saturated carbocycles. The van der Waals surface area contributed by atoms with E-state index in [9.17, 15) is 9.59 Å². The van der Waals surface area contributed by atoms with Gasteiger partial charge in [0.2, 0.25) is 0 Å². The summed E-state index contributed by atoms with van der Waals surface area (Å²) in [5.41, 5.74) is 0.757. The van der Waals surface area contributed by atoms with Gasteiger partial charge in [-0.15, -0.1) is 0 Å². The first kappa shape index (κ1) is 31.8. The van der Waals surface area contributed by atoms with Gasteiger partial charge < -0.3 is 18.6 Å². The third-order valence-corrected chi connectivity index (χ3v) is 13.0. The molecular weight excluding hydrogens is 520 g/mol. The van der Waals surface area contributed by atoms with Crippen LogP contribution in [0.3, 0.4) is 0 Å². The van der Waals surface area contributed by atoms with Gasteiger partial charge in [0.1, 0.15) is 6.10 Å². The van der Waals surface area contributed by atoms with Gasteiger partial charge in [0.05, 0.1) is 18.8 Å². The average Bonchev–Trinajstić information content (AvgIpc) is 2.90. The molecule has 0 unspecified atom stereocenters. The van der Waals surface area contributed by atoms with E-state index in [0.717, 1.165) is 5.57 Å². The second kappa shape index (κ2) is 13.7. The van der Waals surface area contributed by atoms with Crippen molar-refractivity contribution in [3.8, 4) is 0 Å². The predicted molar refractivity (Wildman–Crippen MR) is 161 cm³/mol. The van der Waals surface area contributed by atoms with Crippen molar-refractivity contribution >= 4 is 30.6 Å². The van der Waals surface area contributed by atoms with Gasteiger partial charge in [-0.1, -0.05) is 95.3 Å². The SMILES string of the molecule is CCOC(=O)/C=C(\C)[C@@H]1O[C@H](CCO[Si](c2ccccc2)(c2ccccc2)C(C)(C)C)[C@H](C)[C@H](OC(C)=O)[C@H]1C. The van der Waals surface area contributed by atoms with Crippen LogP contribution >= 0.6 is 0 Å². The largest absolute Gasteiger partial charge is 0.463 e. The van der Waals surface area contributed by atoms with Gasteiger partial charge in [-0.05, 0) is 41.3 Å². The summed E-state index contributed by atoms with van der Waals surface area (Å²) in [6.45, 7) is 16.7. The first-order valence-electron chi connectivity index (χ1n) is 14.3. The molecule has 0 aliphatic carbocycles. The van der Waals surface area contributed by atoms with Crippen LogP contribution in [0.1, 0.15) is 61.8 Å². The van der Waals surface area contributed by atoms with E-state index in [1.165, 1.54) is 23.4 Å². The van der Waals surface area contributed by atoms with E-state index in [0.29, 0.717) is 19.6 Å². The summed E-state index contributed by atoms with van der Waals surface area (Å²) < 4.78 is 24.7. The summed E-state index contributed by atoms with van der Waals surface area (Å²) in [6, 6.07) is 21.1. The summed E-state index contributed by atoms with van der Waals surface area (Å²) in [6.07, 6.45) is 1.15. The minimum atomic E-state index is -2.70. The lowest BCUT2D eigenvalue weighted by atomic mass is 9.79. The summed E-state index contributed by atoms with van der Waals surface area (Å²) in [5.74, 6) is -0.893. The van der Waals surface area contributed by atoms with Crippen LogP contribution in [0.25, 0.3) is 0 Å². The lowest BCUT2D eigenvalue weighted by Gasteiger charge is -2.46. The normalized spacial score (nSPS) is 23.9. The van der Waals surface area contributed by atoms with Gasteiger partial charge in [-0.3, -0.25) is 4.79 Å². The van der Waals surface area contributed by atoms with E-state index in [-0.39, 0.29) is 41.2 Å². The van der Waals surface area contributed by atoms with Crippen LogP contribution in [0.2, 0.25) is 5.04 Å². The van der Waals surface area contributed by atoms with Gasteiger partial charge in [0, 0.05) is 31.4 Å². The average molecular weight is 567 g/mol. The fourth-order valence-electron chi connectivity index (χ4n) is 6.10. The number of ether oxygens (including phenoxy) is 3. The maximum Gasteiger partial charge on any atom is 0.330 e. The van der Waals surface area contributed by atoms with E-state index in [4.69, 9.17) is 18.6 Å². The van der Waals surface area contributed by atoms with Crippen molar-refractivity contribution < 1.29 is 28.2 Å². The van der Waals surface area contributed by atoms with Crippen LogP contribution in [0.5, 0.6) is 0 Å². The third-order valence-electron chi connectivity index (χ3n) is 7.94. The van der Waals surface area contributed by atoms with Crippen LogP contribution in [0.15, 0.2) is 72.3 Å². The van der Waals surface area contributed by atoms with Crippen molar-refractivity contribution in [2.24, 2.45) is 11.8 Å². The molecule has 2 aromatic rings. The molecule has 1 aliphatic heterocycles. The summed E-state index contributed by atoms with van der Waals surface area (Å²) in [5, 5.41) is 2.32. The lowest BCUT2D eigenvalue weighted by molar-refractivity contribution is -0.185. The Kier molecular flexibility index (Phi) is 10.9. The van der Waals surface area contributed by atoms with Gasteiger partial charge in [-0.2, -0.15) is 0 Å². The number of carbonyl (C=O) groups excluding carboxylic acids is 2. The number of rotatable bonds is 10. The molecule has 0 amide bonds. The molecule has 1 heterocycles. The van der Waals surface area contributed by atoms with E-state index in [1.807, 2.05) is 26.0 Å². The molecule has 0 spiro atoms. The Bertz CT molecular complexity index is 1100. The second-order valence-electron chi connectivity index (χ2n) is 11.8. The zero-order chi connectivity index (χ0) is 29.5. The zero-order valence-electron chi connectivity index (χ0n) is 25.3. The molecule has 0 bridgehead atoms. The number of carbonyl (C=O) groups is 2. The lowest BCUT2D eigenvalue weighted by Crippen LogP contribution is -2.66. The van der Waals surface area contributed by atoms with Crippen LogP contribution in [0.4, 0.5) is 0 Å². The van der Waals surface area contributed by atoms with Crippen LogP contribution < -0.4 is 10.4 Å². The van der Waals surface area contributed by atoms with E-state index < -0.39 is 14.3 Å². The molecule has 6 nitrogen and oxygen atoms in total. The smallest absolute Gasteiger partial charge is 0.330 e. The molecule has 0 radical (unpaired) electrons. The van der Waals surface area contributed by atoms with Crippen LogP contribution in [-0.2, 0) is 28.2 Å². The van der Waals surface area contributed by atoms with Crippen molar-refractivity contribution in [1.29, 1.82) is 0 Å². The second-order valence-corrected chi connectivity index (χ2v) is 16.1. The standard InChI is InChI=1S/C33H46O6Si/c1-9-36-30(35)22-23(2)31-25(4)32(38-26(5)34)24(3)29(39-31)20-21-37-40(33(6,7)8,27-16-12-10-13-17-27)28-18-14-11-15-19-28/h10-19,22,24-25,29,31-32H,9,20-21H2,1-8H3/b23-22+/t24-,25-,29+,31-,32-/m0/s1. The van der Waals surface area contributed by atoms with Gasteiger partial charge in [0.15, 0.2) is 0 Å². The summed E-state index contributed by atoms with van der Waals surface area (Å²) in [4.78, 5) is 24.2. The fourth-order valence-corrected chi connectivity index (χ4v) is 10.7. The summed E-state index contributed by atoms with van der Waals surface area (Å²) >= 11 is 0. The minimum absolute atomic E-state index is 0.0479. The molecule has 218 valence electrons. The van der Waals surface area contributed by atoms with E-state index >= 15 is 0 Å². The first-order valence-corrected chi connectivity index (χ1v) is 16.3. The van der Waals surface area contributed by atoms with Crippen molar-refractivity contribution in [3.63, 3.8) is 0 Å². The van der Waals surface area contributed by atoms with Crippen molar-refractivity contribution in [3.05, 3.63) is 72.3 Å². The molecule has 1 fully saturated rings. The molecule has 3 rings (SSSR count). The Morgan fingerprint density at radius 2 is 1.48 bits per heavy atom. The van der Waals surface area contributed by atoms with Gasteiger partial charge in [-0.25, -0.2) is 4.79 Å². The number of benzene rings is 2. The molecule has 0 aromatic heterocycles. The first-order chi connectivity index (χ1) is 18.9. The Hall–Kier alpha value is -2.74. The number of hydrogen-bond donors (Lipinski definition) is 0. The minimum Gasteiger partial charge on any atom is -0.463 e. The Balaban J connectivity index is 1.92. The van der Waals surface area contributed by atoms with Gasteiger partial charge in [0.25, 0.3) is 8.32 Å². The Morgan fingerprint density at radius 3 is 1.95 bits per heavy atom. The van der Waals surface area contributed by atoms with Crippen molar-refractivity contribution in [2.45, 2.75) is 85.2 Å². The summed E-state index contributed by atoms with van der Waals surface area (Å²) in [7, 11) is -2.70. The maximum atomic E-state index is 12.2. The van der Waals surface area contributed by atoms with Gasteiger partial charge >= 0.3 is 11.9 Å². The molecule has 7 heteroatoms. The molecule has 1 aliphatic rings. The van der Waals surface area contributed by atoms with Crippen LogP contribution in [0, 0.1) is 11.8 Å². The molecular formula is C33H46O6Si. The molecule has 40 heavy (non-hydrogen) atoms. The molecule has 2 aromatic carbocycles. The van der Waals surface area contributed by atoms with Crippen molar-refractivity contribution in [2.75, 3.05) is 13.2 Å². The Morgan fingerprint density at radius 1 is 0.925 bits per heavy atom. The molecule has 0 N–H and O–H groups in total. The third kappa shape index (κ3) is 7.12. The number of esters is 2. The van der Waals surface area contributed by atoms with E-state index in [1.54, 1.807) is 6.92 Å². The highest BCUT2D eigenvalue weighted by molar-refractivity contribution is 6.99. The Labute approximate surface area is 241 Å². The van der Waals surface area contributed by atoms with E-state index in [2.05, 4.69) is 76.2 Å². The maximum absolute atomic E-state index is 12.2.